The number of thiophene rings is 1. The minimum atomic E-state index is -1.15. The van der Waals surface area contributed by atoms with Gasteiger partial charge in [-0.1, -0.05) is 11.6 Å². The smallest absolute Gasteiger partial charge is 0.328 e. The third kappa shape index (κ3) is 6.08. The molecule has 4 N–H and O–H groups in total. The van der Waals surface area contributed by atoms with Gasteiger partial charge in [0.05, 0.1) is 12.7 Å². The molecule has 3 amide bonds. The van der Waals surface area contributed by atoms with Gasteiger partial charge in [0.2, 0.25) is 11.8 Å². The lowest BCUT2D eigenvalue weighted by molar-refractivity contribution is -0.145. The molecule has 1 aliphatic rings. The number of benzene rings is 1. The maximum Gasteiger partial charge on any atom is 0.328 e. The van der Waals surface area contributed by atoms with Crippen molar-refractivity contribution in [2.24, 2.45) is 5.73 Å². The summed E-state index contributed by atoms with van der Waals surface area (Å²) < 4.78 is 18.7. The van der Waals surface area contributed by atoms with Crippen LogP contribution in [0.3, 0.4) is 0 Å². The van der Waals surface area contributed by atoms with Crippen molar-refractivity contribution >= 4 is 51.6 Å². The number of amides is 3. The maximum absolute atomic E-state index is 14.0. The molecule has 1 atom stereocenters. The van der Waals surface area contributed by atoms with E-state index in [1.807, 2.05) is 0 Å². The first-order chi connectivity index (χ1) is 15.7. The zero-order valence-electron chi connectivity index (χ0n) is 17.8. The summed E-state index contributed by atoms with van der Waals surface area (Å²) in [6.07, 6.45) is 1.93. The van der Waals surface area contributed by atoms with Crippen molar-refractivity contribution < 1.29 is 28.3 Å². The number of ether oxygens (including phenoxy) is 1. The molecule has 0 saturated carbocycles. The fourth-order valence-electron chi connectivity index (χ4n) is 3.69. The van der Waals surface area contributed by atoms with Crippen LogP contribution in [0.4, 0.5) is 9.39 Å². The molecule has 11 heteroatoms. The number of hydrogen-bond donors (Lipinski definition) is 3. The van der Waals surface area contributed by atoms with E-state index in [4.69, 9.17) is 22.1 Å². The van der Waals surface area contributed by atoms with E-state index in [0.717, 1.165) is 36.8 Å². The Bertz CT molecular complexity index is 1100. The van der Waals surface area contributed by atoms with Gasteiger partial charge in [0.15, 0.2) is 0 Å². The van der Waals surface area contributed by atoms with Gasteiger partial charge in [0.25, 0.3) is 5.91 Å². The van der Waals surface area contributed by atoms with Gasteiger partial charge in [-0.05, 0) is 48.6 Å². The number of rotatable bonds is 9. The number of hydrogen-bond acceptors (Lipinski definition) is 6. The highest BCUT2D eigenvalue weighted by Gasteiger charge is 2.27. The Labute approximate surface area is 198 Å². The Balaban J connectivity index is 1.59. The van der Waals surface area contributed by atoms with E-state index < -0.39 is 35.5 Å². The number of carbonyl (C=O) groups excluding carboxylic acids is 4. The number of halogens is 2. The summed E-state index contributed by atoms with van der Waals surface area (Å²) >= 11 is 7.20. The summed E-state index contributed by atoms with van der Waals surface area (Å²) in [6, 6.07) is 2.75. The van der Waals surface area contributed by atoms with Gasteiger partial charge in [-0.2, -0.15) is 0 Å². The van der Waals surface area contributed by atoms with Crippen LogP contribution in [-0.2, 0) is 38.4 Å². The highest BCUT2D eigenvalue weighted by atomic mass is 35.5. The number of esters is 1. The van der Waals surface area contributed by atoms with E-state index in [1.165, 1.54) is 29.5 Å². The number of carbonyl (C=O) groups is 4. The fraction of sp³-hybridized carbons (Fsp3) is 0.364. The molecule has 2 aromatic rings. The first kappa shape index (κ1) is 24.7. The highest BCUT2D eigenvalue weighted by molar-refractivity contribution is 7.17. The van der Waals surface area contributed by atoms with Gasteiger partial charge in [-0.15, -0.1) is 11.3 Å². The standard InChI is InChI=1S/C22H23ClFN3O5S/c1-32-22(31)15(10-11-9-12(23)5-6-14(11)24)26-17(28)7-8-18(29)27-21-19(20(25)30)13-3-2-4-16(13)33-21/h5-6,9,15H,2-4,7-8,10H2,1H3,(H2,25,30)(H,26,28)(H,27,29)/t15-/m1/s1. The molecule has 0 aliphatic heterocycles. The number of methoxy groups -OCH3 is 1. The van der Waals surface area contributed by atoms with Crippen LogP contribution < -0.4 is 16.4 Å². The molecule has 176 valence electrons. The van der Waals surface area contributed by atoms with E-state index in [2.05, 4.69) is 10.6 Å². The van der Waals surface area contributed by atoms with Crippen LogP contribution >= 0.6 is 22.9 Å². The van der Waals surface area contributed by atoms with Crippen LogP contribution in [0.2, 0.25) is 5.02 Å². The first-order valence-corrected chi connectivity index (χ1v) is 11.4. The fourth-order valence-corrected chi connectivity index (χ4v) is 5.20. The number of aryl methyl sites for hydroxylation is 1. The Hall–Kier alpha value is -2.98. The molecule has 0 spiro atoms. The molecule has 8 nitrogen and oxygen atoms in total. The van der Waals surface area contributed by atoms with E-state index in [-0.39, 0.29) is 29.8 Å². The normalized spacial score (nSPS) is 13.2. The van der Waals surface area contributed by atoms with Crippen molar-refractivity contribution in [1.82, 2.24) is 5.32 Å². The van der Waals surface area contributed by atoms with E-state index in [1.54, 1.807) is 0 Å². The first-order valence-electron chi connectivity index (χ1n) is 10.2. The van der Waals surface area contributed by atoms with Crippen LogP contribution in [0.25, 0.3) is 0 Å². The minimum absolute atomic E-state index is 0.140. The van der Waals surface area contributed by atoms with Gasteiger partial charge in [-0.25, -0.2) is 9.18 Å². The molecule has 33 heavy (non-hydrogen) atoms. The number of primary amides is 1. The molecule has 0 bridgehead atoms. The zero-order chi connectivity index (χ0) is 24.1. The Kier molecular flexibility index (Phi) is 8.04. The average molecular weight is 496 g/mol. The van der Waals surface area contributed by atoms with Crippen molar-refractivity contribution in [1.29, 1.82) is 0 Å². The van der Waals surface area contributed by atoms with Gasteiger partial charge >= 0.3 is 5.97 Å². The molecule has 1 aromatic carbocycles. The van der Waals surface area contributed by atoms with Gasteiger partial charge in [0.1, 0.15) is 16.9 Å². The molecule has 3 rings (SSSR count). The average Bonchev–Trinajstić information content (AvgIpc) is 3.34. The van der Waals surface area contributed by atoms with Gasteiger partial charge in [0, 0.05) is 29.2 Å². The summed E-state index contributed by atoms with van der Waals surface area (Å²) in [7, 11) is 1.15. The Morgan fingerprint density at radius 1 is 1.21 bits per heavy atom. The number of anilines is 1. The third-order valence-corrected chi connectivity index (χ3v) is 6.69. The van der Waals surface area contributed by atoms with Crippen LogP contribution in [-0.4, -0.2) is 36.8 Å². The summed E-state index contributed by atoms with van der Waals surface area (Å²) in [5, 5.41) is 5.80. The Morgan fingerprint density at radius 2 is 1.94 bits per heavy atom. The minimum Gasteiger partial charge on any atom is -0.467 e. The van der Waals surface area contributed by atoms with Crippen LogP contribution in [0.15, 0.2) is 18.2 Å². The summed E-state index contributed by atoms with van der Waals surface area (Å²) in [5.74, 6) is -2.99. The van der Waals surface area contributed by atoms with Crippen LogP contribution in [0, 0.1) is 5.82 Å². The predicted octanol–water partition coefficient (Wildman–Crippen LogP) is 2.75. The lowest BCUT2D eigenvalue weighted by Crippen LogP contribution is -2.43. The molecule has 1 aliphatic carbocycles. The van der Waals surface area contributed by atoms with Crippen molar-refractivity contribution in [2.75, 3.05) is 12.4 Å². The molecular weight excluding hydrogens is 473 g/mol. The second kappa shape index (κ2) is 10.8. The number of nitrogens with two attached hydrogens (primary N) is 1. The van der Waals surface area contributed by atoms with Crippen LogP contribution in [0.1, 0.15) is 45.6 Å². The molecule has 1 aromatic heterocycles. The summed E-state index contributed by atoms with van der Waals surface area (Å²) in [4.78, 5) is 49.7. The zero-order valence-corrected chi connectivity index (χ0v) is 19.4. The van der Waals surface area contributed by atoms with Crippen molar-refractivity contribution in [3.05, 3.63) is 50.6 Å². The second-order valence-electron chi connectivity index (χ2n) is 7.56. The predicted molar refractivity (Wildman–Crippen MR) is 122 cm³/mol. The molecule has 0 unspecified atom stereocenters. The van der Waals surface area contributed by atoms with Crippen molar-refractivity contribution in [3.63, 3.8) is 0 Å². The largest absolute Gasteiger partial charge is 0.467 e. The van der Waals surface area contributed by atoms with E-state index in [0.29, 0.717) is 10.6 Å². The van der Waals surface area contributed by atoms with E-state index >= 15 is 0 Å². The quantitative estimate of drug-likeness (QED) is 0.461. The highest BCUT2D eigenvalue weighted by Crippen LogP contribution is 2.38. The van der Waals surface area contributed by atoms with Crippen molar-refractivity contribution in [3.8, 4) is 0 Å². The Morgan fingerprint density at radius 3 is 2.64 bits per heavy atom. The van der Waals surface area contributed by atoms with Gasteiger partial charge < -0.3 is 21.1 Å². The SMILES string of the molecule is COC(=O)[C@@H](Cc1cc(Cl)ccc1F)NC(=O)CCC(=O)Nc1sc2c(c1C(N)=O)CCC2. The molecule has 1 heterocycles. The monoisotopic (exact) mass is 495 g/mol. The lowest BCUT2D eigenvalue weighted by atomic mass is 10.0. The maximum atomic E-state index is 14.0. The second-order valence-corrected chi connectivity index (χ2v) is 9.10. The third-order valence-electron chi connectivity index (χ3n) is 5.25. The number of nitrogens with one attached hydrogen (secondary N) is 2. The van der Waals surface area contributed by atoms with E-state index in [9.17, 15) is 23.6 Å². The summed E-state index contributed by atoms with van der Waals surface area (Å²) in [6.45, 7) is 0. The lowest BCUT2D eigenvalue weighted by Gasteiger charge is -2.17. The molecule has 0 fully saturated rings. The molecule has 0 saturated heterocycles. The van der Waals surface area contributed by atoms with Crippen LogP contribution in [0.5, 0.6) is 0 Å². The topological polar surface area (TPSA) is 128 Å². The van der Waals surface area contributed by atoms with Crippen molar-refractivity contribution in [2.45, 2.75) is 44.6 Å². The molecule has 0 radical (unpaired) electrons. The summed E-state index contributed by atoms with van der Waals surface area (Å²) in [5.41, 5.74) is 6.84. The number of fused-ring (bicyclic) bond motifs is 1. The molecular formula is C22H23ClFN3O5S. The van der Waals surface area contributed by atoms with Gasteiger partial charge in [-0.3, -0.25) is 14.4 Å².